The number of benzene rings is 2. The third-order valence-corrected chi connectivity index (χ3v) is 4.66. The molecule has 116 valence electrons. The highest BCUT2D eigenvalue weighted by atomic mass is 32.1. The van der Waals surface area contributed by atoms with Crippen LogP contribution in [0.5, 0.6) is 0 Å². The summed E-state index contributed by atoms with van der Waals surface area (Å²) in [7, 11) is 1.64. The molecular formula is C17H15N3O2S. The Morgan fingerprint density at radius 2 is 2.00 bits per heavy atom. The van der Waals surface area contributed by atoms with Crippen molar-refractivity contribution in [2.24, 2.45) is 0 Å². The minimum Gasteiger partial charge on any atom is -0.390 e. The molecule has 0 radical (unpaired) electrons. The summed E-state index contributed by atoms with van der Waals surface area (Å²) in [6.45, 7) is 0.337. The number of rotatable bonds is 4. The molecule has 5 nitrogen and oxygen atoms in total. The molecule has 4 aromatic rings. The summed E-state index contributed by atoms with van der Waals surface area (Å²) in [5.41, 5.74) is 2.47. The number of nitrogens with zero attached hydrogens (tertiary/aromatic N) is 3. The van der Waals surface area contributed by atoms with E-state index in [0.29, 0.717) is 12.3 Å². The Morgan fingerprint density at radius 1 is 1.17 bits per heavy atom. The second-order valence-corrected chi connectivity index (χ2v) is 6.29. The molecule has 6 heteroatoms. The van der Waals surface area contributed by atoms with Gasteiger partial charge in [-0.1, -0.05) is 47.7 Å². The number of ether oxygens (including phenoxy) is 1. The normalized spacial score (nSPS) is 11.6. The van der Waals surface area contributed by atoms with Gasteiger partial charge in [0.25, 0.3) is 0 Å². The van der Waals surface area contributed by atoms with Crippen LogP contribution in [-0.4, -0.2) is 26.8 Å². The molecule has 2 heterocycles. The lowest BCUT2D eigenvalue weighted by atomic mass is 10.0. The number of aliphatic hydroxyl groups is 1. The lowest BCUT2D eigenvalue weighted by Crippen LogP contribution is -1.97. The van der Waals surface area contributed by atoms with Crippen LogP contribution in [0.4, 0.5) is 0 Å². The van der Waals surface area contributed by atoms with Gasteiger partial charge in [-0.25, -0.2) is 9.50 Å². The largest absolute Gasteiger partial charge is 0.390 e. The fourth-order valence-corrected chi connectivity index (χ4v) is 3.61. The zero-order chi connectivity index (χ0) is 15.8. The summed E-state index contributed by atoms with van der Waals surface area (Å²) in [5, 5.41) is 17.4. The van der Waals surface area contributed by atoms with Crippen molar-refractivity contribution < 1.29 is 9.84 Å². The van der Waals surface area contributed by atoms with Crippen LogP contribution in [-0.2, 0) is 18.0 Å². The zero-order valence-electron chi connectivity index (χ0n) is 12.6. The van der Waals surface area contributed by atoms with E-state index in [2.05, 4.69) is 34.3 Å². The van der Waals surface area contributed by atoms with Gasteiger partial charge in [-0.2, -0.15) is 5.10 Å². The topological polar surface area (TPSA) is 59.7 Å². The first kappa shape index (κ1) is 14.3. The molecule has 2 aromatic heterocycles. The van der Waals surface area contributed by atoms with Crippen LogP contribution in [0.1, 0.15) is 10.7 Å². The number of imidazole rings is 1. The van der Waals surface area contributed by atoms with E-state index in [1.807, 2.05) is 18.2 Å². The van der Waals surface area contributed by atoms with Crippen LogP contribution >= 0.6 is 11.3 Å². The monoisotopic (exact) mass is 325 g/mol. The third kappa shape index (κ3) is 2.41. The minimum atomic E-state index is -0.112. The summed E-state index contributed by atoms with van der Waals surface area (Å²) in [4.78, 5) is 5.43. The maximum absolute atomic E-state index is 9.79. The van der Waals surface area contributed by atoms with E-state index in [4.69, 9.17) is 4.74 Å². The van der Waals surface area contributed by atoms with E-state index >= 15 is 0 Å². The van der Waals surface area contributed by atoms with Crippen LogP contribution in [0.3, 0.4) is 0 Å². The van der Waals surface area contributed by atoms with Crippen molar-refractivity contribution >= 4 is 27.1 Å². The van der Waals surface area contributed by atoms with E-state index in [0.717, 1.165) is 26.6 Å². The van der Waals surface area contributed by atoms with E-state index in [9.17, 15) is 5.11 Å². The first-order valence-electron chi connectivity index (χ1n) is 7.26. The number of hydrogen-bond donors (Lipinski definition) is 1. The molecule has 4 rings (SSSR count). The molecule has 0 saturated carbocycles. The summed E-state index contributed by atoms with van der Waals surface area (Å²) in [6, 6.07) is 14.4. The maximum Gasteiger partial charge on any atom is 0.213 e. The van der Waals surface area contributed by atoms with Gasteiger partial charge >= 0.3 is 0 Å². The molecule has 1 N–H and O–H groups in total. The highest BCUT2D eigenvalue weighted by molar-refractivity contribution is 7.16. The molecule has 0 bridgehead atoms. The van der Waals surface area contributed by atoms with E-state index < -0.39 is 0 Å². The fraction of sp³-hybridized carbons (Fsp3) is 0.176. The van der Waals surface area contributed by atoms with Crippen molar-refractivity contribution in [1.82, 2.24) is 14.6 Å². The Kier molecular flexibility index (Phi) is 3.57. The molecule has 0 aliphatic carbocycles. The molecular weight excluding hydrogens is 310 g/mol. The van der Waals surface area contributed by atoms with Gasteiger partial charge in [0, 0.05) is 12.7 Å². The summed E-state index contributed by atoms with van der Waals surface area (Å²) >= 11 is 1.48. The van der Waals surface area contributed by atoms with Gasteiger partial charge in [-0.3, -0.25) is 0 Å². The molecule has 0 saturated heterocycles. The van der Waals surface area contributed by atoms with Crippen LogP contribution in [0.15, 0.2) is 42.5 Å². The van der Waals surface area contributed by atoms with E-state index in [-0.39, 0.29) is 6.61 Å². The highest BCUT2D eigenvalue weighted by Crippen LogP contribution is 2.29. The van der Waals surface area contributed by atoms with Crippen LogP contribution in [0, 0.1) is 0 Å². The first-order chi connectivity index (χ1) is 11.3. The maximum atomic E-state index is 9.79. The lowest BCUT2D eigenvalue weighted by molar-refractivity contribution is 0.183. The summed E-state index contributed by atoms with van der Waals surface area (Å²) < 4.78 is 6.82. The second kappa shape index (κ2) is 5.73. The van der Waals surface area contributed by atoms with E-state index in [1.54, 1.807) is 11.6 Å². The minimum absolute atomic E-state index is 0.112. The SMILES string of the molecule is COCc1nn2c(CO)c(-c3ccc4ccccc4c3)nc2s1. The predicted octanol–water partition coefficient (Wildman–Crippen LogP) is 3.25. The lowest BCUT2D eigenvalue weighted by Gasteiger charge is -2.03. The Hall–Kier alpha value is -2.28. The molecule has 0 amide bonds. The number of aliphatic hydroxyl groups excluding tert-OH is 1. The molecule has 0 unspecified atom stereocenters. The van der Waals surface area contributed by atoms with Gasteiger partial charge in [0.15, 0.2) is 0 Å². The van der Waals surface area contributed by atoms with Gasteiger partial charge in [0.2, 0.25) is 4.96 Å². The van der Waals surface area contributed by atoms with Crippen molar-refractivity contribution in [2.45, 2.75) is 13.2 Å². The van der Waals surface area contributed by atoms with Crippen molar-refractivity contribution in [3.8, 4) is 11.3 Å². The Morgan fingerprint density at radius 3 is 2.78 bits per heavy atom. The number of hydrogen-bond acceptors (Lipinski definition) is 5. The summed E-state index contributed by atoms with van der Waals surface area (Å²) in [5.74, 6) is 0. The average Bonchev–Trinajstić information content (AvgIpc) is 3.11. The first-order valence-corrected chi connectivity index (χ1v) is 8.08. The number of aromatic nitrogens is 3. The zero-order valence-corrected chi connectivity index (χ0v) is 13.4. The van der Waals surface area contributed by atoms with Gasteiger partial charge in [0.1, 0.15) is 5.01 Å². The van der Waals surface area contributed by atoms with Crippen molar-refractivity contribution in [2.75, 3.05) is 7.11 Å². The fourth-order valence-electron chi connectivity index (χ4n) is 2.72. The quantitative estimate of drug-likeness (QED) is 0.626. The van der Waals surface area contributed by atoms with Gasteiger partial charge in [-0.15, -0.1) is 0 Å². The Bertz CT molecular complexity index is 990. The van der Waals surface area contributed by atoms with Gasteiger partial charge in [-0.05, 0) is 16.8 Å². The second-order valence-electron chi connectivity index (χ2n) is 5.25. The van der Waals surface area contributed by atoms with Crippen LogP contribution in [0.2, 0.25) is 0 Å². The smallest absolute Gasteiger partial charge is 0.213 e. The molecule has 2 aromatic carbocycles. The molecule has 0 aliphatic rings. The Labute approximate surface area is 136 Å². The van der Waals surface area contributed by atoms with Crippen LogP contribution < -0.4 is 0 Å². The average molecular weight is 325 g/mol. The molecule has 0 aliphatic heterocycles. The molecule has 0 atom stereocenters. The Balaban J connectivity index is 1.87. The predicted molar refractivity (Wildman–Crippen MR) is 90.4 cm³/mol. The van der Waals surface area contributed by atoms with Crippen molar-refractivity contribution in [3.63, 3.8) is 0 Å². The number of methoxy groups -OCH3 is 1. The van der Waals surface area contributed by atoms with Gasteiger partial charge < -0.3 is 9.84 Å². The molecule has 0 fully saturated rings. The van der Waals surface area contributed by atoms with Crippen molar-refractivity contribution in [3.05, 3.63) is 53.2 Å². The third-order valence-electron chi connectivity index (χ3n) is 3.78. The van der Waals surface area contributed by atoms with Crippen molar-refractivity contribution in [1.29, 1.82) is 0 Å². The van der Waals surface area contributed by atoms with Gasteiger partial charge in [0.05, 0.1) is 24.6 Å². The highest BCUT2D eigenvalue weighted by Gasteiger charge is 2.17. The molecule has 23 heavy (non-hydrogen) atoms. The standard InChI is InChI=1S/C17H15N3O2S/c1-22-10-15-19-20-14(9-21)16(18-17(20)23-15)13-7-6-11-4-2-3-5-12(11)8-13/h2-8,21H,9-10H2,1H3. The summed E-state index contributed by atoms with van der Waals surface area (Å²) in [6.07, 6.45) is 0. The molecule has 0 spiro atoms. The van der Waals surface area contributed by atoms with E-state index in [1.165, 1.54) is 16.7 Å². The van der Waals surface area contributed by atoms with Crippen LogP contribution in [0.25, 0.3) is 27.0 Å². The number of fused-ring (bicyclic) bond motifs is 2.